The molecule has 0 unspecified atom stereocenters. The number of carbonyl (C=O) groups excluding carboxylic acids is 1. The number of nitrogens with one attached hydrogen (secondary N) is 2. The van der Waals surface area contributed by atoms with E-state index in [1.54, 1.807) is 56.3 Å². The minimum atomic E-state index is -3.77. The molecule has 0 spiro atoms. The van der Waals surface area contributed by atoms with E-state index in [9.17, 15) is 13.2 Å². The van der Waals surface area contributed by atoms with Gasteiger partial charge in [0.15, 0.2) is 0 Å². The Morgan fingerprint density at radius 2 is 1.58 bits per heavy atom. The molecule has 0 radical (unpaired) electrons. The van der Waals surface area contributed by atoms with E-state index in [-0.39, 0.29) is 10.8 Å². The zero-order chi connectivity index (χ0) is 17.7. The molecule has 5 nitrogen and oxygen atoms in total. The highest BCUT2D eigenvalue weighted by molar-refractivity contribution is 9.10. The first-order valence-corrected chi connectivity index (χ1v) is 9.71. The number of halogens is 1. The van der Waals surface area contributed by atoms with Gasteiger partial charge in [-0.1, -0.05) is 48.0 Å². The van der Waals surface area contributed by atoms with Crippen molar-refractivity contribution in [2.45, 2.75) is 24.8 Å². The average molecular weight is 411 g/mol. The van der Waals surface area contributed by atoms with Crippen molar-refractivity contribution < 1.29 is 13.2 Å². The molecule has 0 heterocycles. The van der Waals surface area contributed by atoms with Gasteiger partial charge in [-0.05, 0) is 42.3 Å². The summed E-state index contributed by atoms with van der Waals surface area (Å²) in [7, 11) is -3.77. The van der Waals surface area contributed by atoms with Crippen molar-refractivity contribution in [2.75, 3.05) is 5.32 Å². The summed E-state index contributed by atoms with van der Waals surface area (Å²) in [6.45, 7) is 3.58. The quantitative estimate of drug-likeness (QED) is 0.765. The Bertz CT molecular complexity index is 790. The maximum absolute atomic E-state index is 12.5. The lowest BCUT2D eigenvalue weighted by Crippen LogP contribution is -2.47. The number of amides is 1. The molecule has 0 saturated carbocycles. The van der Waals surface area contributed by atoms with E-state index in [1.165, 1.54) is 12.1 Å². The van der Waals surface area contributed by atoms with E-state index in [4.69, 9.17) is 0 Å². The first-order chi connectivity index (χ1) is 11.3. The molecule has 24 heavy (non-hydrogen) atoms. The lowest BCUT2D eigenvalue weighted by molar-refractivity contribution is -0.118. The van der Waals surface area contributed by atoms with E-state index in [1.807, 2.05) is 0 Å². The van der Waals surface area contributed by atoms with Gasteiger partial charge >= 0.3 is 0 Å². The Labute approximate surface area is 150 Å². The topological polar surface area (TPSA) is 75.3 Å². The molecule has 0 aliphatic carbocycles. The van der Waals surface area contributed by atoms with Gasteiger partial charge in [0.2, 0.25) is 15.9 Å². The smallest absolute Gasteiger partial charge is 0.242 e. The summed E-state index contributed by atoms with van der Waals surface area (Å²) in [5, 5.41) is 2.74. The number of anilines is 1. The second-order valence-electron chi connectivity index (χ2n) is 5.65. The first kappa shape index (κ1) is 18.6. The zero-order valence-corrected chi connectivity index (χ0v) is 15.8. The van der Waals surface area contributed by atoms with Crippen molar-refractivity contribution in [1.29, 1.82) is 0 Å². The molecule has 2 N–H and O–H groups in total. The lowest BCUT2D eigenvalue weighted by atomic mass is 10.0. The van der Waals surface area contributed by atoms with Gasteiger partial charge in [-0.25, -0.2) is 8.42 Å². The second-order valence-corrected chi connectivity index (χ2v) is 8.28. The highest BCUT2D eigenvalue weighted by Gasteiger charge is 2.28. The molecule has 0 aliphatic heterocycles. The molecule has 1 amide bonds. The Balaban J connectivity index is 2.17. The van der Waals surface area contributed by atoms with Crippen LogP contribution in [0.3, 0.4) is 0 Å². The summed E-state index contributed by atoms with van der Waals surface area (Å²) >= 11 is 3.33. The summed E-state index contributed by atoms with van der Waals surface area (Å²) in [6.07, 6.45) is 0. The summed E-state index contributed by atoms with van der Waals surface area (Å²) in [4.78, 5) is 12.6. The van der Waals surface area contributed by atoms with E-state index < -0.39 is 22.0 Å². The van der Waals surface area contributed by atoms with Gasteiger partial charge in [0.05, 0.1) is 4.90 Å². The predicted molar refractivity (Wildman–Crippen MR) is 98.2 cm³/mol. The van der Waals surface area contributed by atoms with Crippen molar-refractivity contribution in [3.05, 3.63) is 59.1 Å². The molecular weight excluding hydrogens is 392 g/mol. The first-order valence-electron chi connectivity index (χ1n) is 7.43. The SMILES string of the molecule is CC(C)[C@@H](NS(=O)(=O)c1ccccc1)C(=O)Nc1ccc(Br)cc1. The fraction of sp³-hybridized carbons (Fsp3) is 0.235. The molecule has 1 atom stereocenters. The number of carbonyl (C=O) groups is 1. The fourth-order valence-electron chi connectivity index (χ4n) is 2.08. The van der Waals surface area contributed by atoms with Crippen LogP contribution < -0.4 is 10.0 Å². The third kappa shape index (κ3) is 4.90. The fourth-order valence-corrected chi connectivity index (χ4v) is 3.71. The molecule has 0 saturated heterocycles. The molecule has 7 heteroatoms. The van der Waals surface area contributed by atoms with Crippen LogP contribution in [0.25, 0.3) is 0 Å². The minimum Gasteiger partial charge on any atom is -0.325 e. The molecular formula is C17H19BrN2O3S. The monoisotopic (exact) mass is 410 g/mol. The normalized spacial score (nSPS) is 12.8. The molecule has 0 fully saturated rings. The van der Waals surface area contributed by atoms with Crippen LogP contribution in [0.1, 0.15) is 13.8 Å². The van der Waals surface area contributed by atoms with Gasteiger partial charge in [-0.3, -0.25) is 4.79 Å². The van der Waals surface area contributed by atoms with Gasteiger partial charge in [0.25, 0.3) is 0 Å². The van der Waals surface area contributed by atoms with Gasteiger partial charge in [-0.15, -0.1) is 0 Å². The third-order valence-electron chi connectivity index (χ3n) is 3.40. The van der Waals surface area contributed by atoms with Crippen LogP contribution in [-0.4, -0.2) is 20.4 Å². The minimum absolute atomic E-state index is 0.132. The van der Waals surface area contributed by atoms with Crippen LogP contribution >= 0.6 is 15.9 Å². The highest BCUT2D eigenvalue weighted by atomic mass is 79.9. The van der Waals surface area contributed by atoms with Crippen molar-refractivity contribution in [1.82, 2.24) is 4.72 Å². The maximum atomic E-state index is 12.5. The van der Waals surface area contributed by atoms with E-state index in [0.717, 1.165) is 4.47 Å². The van der Waals surface area contributed by atoms with Gasteiger partial charge < -0.3 is 5.32 Å². The van der Waals surface area contributed by atoms with Crippen LogP contribution in [0.2, 0.25) is 0 Å². The standard InChI is InChI=1S/C17H19BrN2O3S/c1-12(2)16(17(21)19-14-10-8-13(18)9-11-14)20-24(22,23)15-6-4-3-5-7-15/h3-12,16,20H,1-2H3,(H,19,21)/t16-/m1/s1. The number of sulfonamides is 1. The largest absolute Gasteiger partial charge is 0.325 e. The van der Waals surface area contributed by atoms with Gasteiger partial charge in [-0.2, -0.15) is 4.72 Å². The number of rotatable bonds is 6. The maximum Gasteiger partial charge on any atom is 0.242 e. The second kappa shape index (κ2) is 7.92. The molecule has 2 aromatic carbocycles. The van der Waals surface area contributed by atoms with Crippen LogP contribution in [0.4, 0.5) is 5.69 Å². The molecule has 0 aromatic heterocycles. The molecule has 0 bridgehead atoms. The summed E-state index contributed by atoms with van der Waals surface area (Å²) in [5.74, 6) is -0.606. The molecule has 2 rings (SSSR count). The summed E-state index contributed by atoms with van der Waals surface area (Å²) in [6, 6.07) is 14.2. The van der Waals surface area contributed by atoms with Crippen molar-refractivity contribution in [2.24, 2.45) is 5.92 Å². The highest BCUT2D eigenvalue weighted by Crippen LogP contribution is 2.16. The van der Waals surface area contributed by atoms with Crippen LogP contribution in [-0.2, 0) is 14.8 Å². The summed E-state index contributed by atoms with van der Waals surface area (Å²) in [5.41, 5.74) is 0.604. The average Bonchev–Trinajstić information content (AvgIpc) is 2.55. The van der Waals surface area contributed by atoms with Crippen LogP contribution in [0.15, 0.2) is 64.0 Å². The van der Waals surface area contributed by atoms with E-state index in [2.05, 4.69) is 26.0 Å². The Kier molecular flexibility index (Phi) is 6.15. The zero-order valence-electron chi connectivity index (χ0n) is 13.4. The van der Waals surface area contributed by atoms with Crippen molar-refractivity contribution >= 4 is 37.5 Å². The van der Waals surface area contributed by atoms with Crippen molar-refractivity contribution in [3.63, 3.8) is 0 Å². The van der Waals surface area contributed by atoms with E-state index >= 15 is 0 Å². The number of hydrogen-bond acceptors (Lipinski definition) is 3. The van der Waals surface area contributed by atoms with Gasteiger partial charge in [0.1, 0.15) is 6.04 Å². The third-order valence-corrected chi connectivity index (χ3v) is 5.38. The van der Waals surface area contributed by atoms with Crippen LogP contribution in [0.5, 0.6) is 0 Å². The summed E-state index contributed by atoms with van der Waals surface area (Å²) < 4.78 is 28.3. The Morgan fingerprint density at radius 3 is 2.12 bits per heavy atom. The molecule has 0 aliphatic rings. The molecule has 128 valence electrons. The number of benzene rings is 2. The molecule has 2 aromatic rings. The Morgan fingerprint density at radius 1 is 1.00 bits per heavy atom. The number of hydrogen-bond donors (Lipinski definition) is 2. The predicted octanol–water partition coefficient (Wildman–Crippen LogP) is 3.39. The van der Waals surface area contributed by atoms with E-state index in [0.29, 0.717) is 5.69 Å². The van der Waals surface area contributed by atoms with Gasteiger partial charge in [0, 0.05) is 10.2 Å². The van der Waals surface area contributed by atoms with Crippen LogP contribution in [0, 0.1) is 5.92 Å². The van der Waals surface area contributed by atoms with Crippen molar-refractivity contribution in [3.8, 4) is 0 Å². The Hall–Kier alpha value is -1.70. The lowest BCUT2D eigenvalue weighted by Gasteiger charge is -2.21.